The van der Waals surface area contributed by atoms with E-state index in [1.54, 1.807) is 0 Å². The molecule has 0 aromatic heterocycles. The normalized spacial score (nSPS) is 16.4. The molecule has 0 bridgehead atoms. The zero-order valence-corrected chi connectivity index (χ0v) is 17.0. The molecular formula is C16H25FIN3O2S. The molecule has 1 heterocycles. The maximum Gasteiger partial charge on any atom is 0.191 e. The summed E-state index contributed by atoms with van der Waals surface area (Å²) in [5, 5.41) is 0. The van der Waals surface area contributed by atoms with E-state index in [2.05, 4.69) is 4.99 Å². The van der Waals surface area contributed by atoms with Gasteiger partial charge in [0.05, 0.1) is 12.3 Å². The van der Waals surface area contributed by atoms with Crippen LogP contribution in [0.5, 0.6) is 0 Å². The van der Waals surface area contributed by atoms with Gasteiger partial charge in [0, 0.05) is 19.3 Å². The van der Waals surface area contributed by atoms with Crippen LogP contribution >= 0.6 is 24.0 Å². The third kappa shape index (κ3) is 6.92. The molecule has 1 saturated heterocycles. The molecule has 0 spiro atoms. The number of nitrogens with two attached hydrogens (primary N) is 1. The smallest absolute Gasteiger partial charge is 0.191 e. The van der Waals surface area contributed by atoms with E-state index >= 15 is 0 Å². The van der Waals surface area contributed by atoms with Crippen molar-refractivity contribution < 1.29 is 12.8 Å². The van der Waals surface area contributed by atoms with Crippen LogP contribution in [0.3, 0.4) is 0 Å². The SMILES string of the molecule is CS(=O)(=O)Cc1ccc(F)cc1CN=C(N)N1CCCCCC1.I. The molecule has 1 aliphatic heterocycles. The van der Waals surface area contributed by atoms with Crippen molar-refractivity contribution in [1.29, 1.82) is 0 Å². The number of benzene rings is 1. The van der Waals surface area contributed by atoms with E-state index < -0.39 is 15.7 Å². The Morgan fingerprint density at radius 3 is 2.42 bits per heavy atom. The second-order valence-electron chi connectivity index (χ2n) is 6.06. The Bertz CT molecular complexity index is 672. The van der Waals surface area contributed by atoms with E-state index in [4.69, 9.17) is 5.73 Å². The number of guanidine groups is 1. The van der Waals surface area contributed by atoms with Crippen LogP contribution in [0.4, 0.5) is 4.39 Å². The number of nitrogens with zero attached hydrogens (tertiary/aromatic N) is 2. The number of hydrogen-bond acceptors (Lipinski definition) is 3. The predicted octanol–water partition coefficient (Wildman–Crippen LogP) is 2.68. The van der Waals surface area contributed by atoms with Crippen molar-refractivity contribution >= 4 is 39.8 Å². The van der Waals surface area contributed by atoms with Crippen LogP contribution < -0.4 is 5.73 Å². The summed E-state index contributed by atoms with van der Waals surface area (Å²) in [5.41, 5.74) is 7.18. The highest BCUT2D eigenvalue weighted by atomic mass is 127. The number of halogens is 2. The molecular weight excluding hydrogens is 444 g/mol. The van der Waals surface area contributed by atoms with E-state index in [0.29, 0.717) is 17.1 Å². The minimum absolute atomic E-state index is 0. The van der Waals surface area contributed by atoms with Gasteiger partial charge in [-0.25, -0.2) is 17.8 Å². The first-order valence-corrected chi connectivity index (χ1v) is 9.91. The average molecular weight is 469 g/mol. The second kappa shape index (κ2) is 9.55. The average Bonchev–Trinajstić information content (AvgIpc) is 2.75. The van der Waals surface area contributed by atoms with Crippen molar-refractivity contribution in [2.75, 3.05) is 19.3 Å². The van der Waals surface area contributed by atoms with Gasteiger partial charge in [-0.15, -0.1) is 24.0 Å². The summed E-state index contributed by atoms with van der Waals surface area (Å²) in [6.07, 6.45) is 5.75. The number of likely N-dealkylation sites (tertiary alicyclic amines) is 1. The monoisotopic (exact) mass is 469 g/mol. The summed E-state index contributed by atoms with van der Waals surface area (Å²) in [6, 6.07) is 4.11. The fourth-order valence-electron chi connectivity index (χ4n) is 2.73. The van der Waals surface area contributed by atoms with Gasteiger partial charge in [-0.1, -0.05) is 18.9 Å². The Morgan fingerprint density at radius 2 is 1.83 bits per heavy atom. The van der Waals surface area contributed by atoms with E-state index in [1.165, 1.54) is 31.0 Å². The van der Waals surface area contributed by atoms with Crippen LogP contribution in [0.1, 0.15) is 36.8 Å². The summed E-state index contributed by atoms with van der Waals surface area (Å²) in [6.45, 7) is 1.95. The minimum Gasteiger partial charge on any atom is -0.370 e. The molecule has 0 saturated carbocycles. The van der Waals surface area contributed by atoms with Crippen molar-refractivity contribution in [2.45, 2.75) is 38.0 Å². The van der Waals surface area contributed by atoms with Gasteiger partial charge in [-0.2, -0.15) is 0 Å². The fraction of sp³-hybridized carbons (Fsp3) is 0.562. The highest BCUT2D eigenvalue weighted by molar-refractivity contribution is 14.0. The van der Waals surface area contributed by atoms with Gasteiger partial charge in [-0.05, 0) is 36.1 Å². The number of hydrogen-bond donors (Lipinski definition) is 1. The summed E-state index contributed by atoms with van der Waals surface area (Å²) < 4.78 is 36.5. The molecule has 2 N–H and O–H groups in total. The lowest BCUT2D eigenvalue weighted by atomic mass is 10.1. The Balaban J connectivity index is 0.00000288. The van der Waals surface area contributed by atoms with Crippen molar-refractivity contribution in [3.05, 3.63) is 35.1 Å². The first-order valence-electron chi connectivity index (χ1n) is 7.85. The first kappa shape index (κ1) is 21.1. The zero-order chi connectivity index (χ0) is 16.9. The van der Waals surface area contributed by atoms with Crippen LogP contribution in [0.2, 0.25) is 0 Å². The fourth-order valence-corrected chi connectivity index (χ4v) is 3.58. The van der Waals surface area contributed by atoms with Gasteiger partial charge in [-0.3, -0.25) is 0 Å². The van der Waals surface area contributed by atoms with Crippen molar-refractivity contribution in [1.82, 2.24) is 4.90 Å². The molecule has 0 aliphatic carbocycles. The molecule has 1 fully saturated rings. The third-order valence-electron chi connectivity index (χ3n) is 3.93. The number of aliphatic imine (C=N–C) groups is 1. The summed E-state index contributed by atoms with van der Waals surface area (Å²) in [5.74, 6) is -0.0795. The lowest BCUT2D eigenvalue weighted by Crippen LogP contribution is -2.38. The van der Waals surface area contributed by atoms with E-state index in [9.17, 15) is 12.8 Å². The Hall–Kier alpha value is -0.900. The quantitative estimate of drug-likeness (QED) is 0.418. The molecule has 8 heteroatoms. The van der Waals surface area contributed by atoms with Gasteiger partial charge in [0.1, 0.15) is 5.82 Å². The van der Waals surface area contributed by atoms with Gasteiger partial charge >= 0.3 is 0 Å². The summed E-state index contributed by atoms with van der Waals surface area (Å²) in [7, 11) is -3.19. The largest absolute Gasteiger partial charge is 0.370 e. The van der Waals surface area contributed by atoms with Crippen LogP contribution in [-0.4, -0.2) is 38.6 Å². The molecule has 2 rings (SSSR count). The second-order valence-corrected chi connectivity index (χ2v) is 8.20. The molecule has 0 radical (unpaired) electrons. The molecule has 136 valence electrons. The van der Waals surface area contributed by atoms with Crippen LogP contribution in [0, 0.1) is 5.82 Å². The molecule has 1 aliphatic rings. The molecule has 1 aromatic rings. The summed E-state index contributed by atoms with van der Waals surface area (Å²) >= 11 is 0. The van der Waals surface area contributed by atoms with Gasteiger partial charge in [0.25, 0.3) is 0 Å². The van der Waals surface area contributed by atoms with Gasteiger partial charge < -0.3 is 10.6 Å². The summed E-state index contributed by atoms with van der Waals surface area (Å²) in [4.78, 5) is 6.39. The van der Waals surface area contributed by atoms with E-state index in [1.807, 2.05) is 4.90 Å². The molecule has 0 unspecified atom stereocenters. The molecule has 5 nitrogen and oxygen atoms in total. The van der Waals surface area contributed by atoms with Crippen LogP contribution in [-0.2, 0) is 22.1 Å². The third-order valence-corrected chi connectivity index (χ3v) is 4.76. The molecule has 24 heavy (non-hydrogen) atoms. The maximum absolute atomic E-state index is 13.5. The Morgan fingerprint density at radius 1 is 1.21 bits per heavy atom. The number of sulfone groups is 1. The number of rotatable bonds is 4. The van der Waals surface area contributed by atoms with Crippen LogP contribution in [0.25, 0.3) is 0 Å². The Kier molecular flexibility index (Phi) is 8.41. The molecule has 0 atom stereocenters. The van der Waals surface area contributed by atoms with Crippen molar-refractivity contribution in [2.24, 2.45) is 10.7 Å². The minimum atomic E-state index is -3.19. The van der Waals surface area contributed by atoms with Crippen molar-refractivity contribution in [3.8, 4) is 0 Å². The highest BCUT2D eigenvalue weighted by Gasteiger charge is 2.13. The van der Waals surface area contributed by atoms with Crippen LogP contribution in [0.15, 0.2) is 23.2 Å². The Labute approximate surface area is 160 Å². The lowest BCUT2D eigenvalue weighted by Gasteiger charge is -2.21. The molecule has 1 aromatic carbocycles. The topological polar surface area (TPSA) is 75.8 Å². The van der Waals surface area contributed by atoms with Crippen molar-refractivity contribution in [3.63, 3.8) is 0 Å². The highest BCUT2D eigenvalue weighted by Crippen LogP contribution is 2.16. The zero-order valence-electron chi connectivity index (χ0n) is 13.9. The lowest BCUT2D eigenvalue weighted by molar-refractivity contribution is 0.428. The van der Waals surface area contributed by atoms with Gasteiger partial charge in [0.15, 0.2) is 15.8 Å². The standard InChI is InChI=1S/C16H24FN3O2S.HI/c1-23(21,22)12-13-6-7-15(17)10-14(13)11-19-16(18)20-8-4-2-3-5-9-20;/h6-7,10H,2-5,8-9,11-12H2,1H3,(H2,18,19);1H. The predicted molar refractivity (Wildman–Crippen MR) is 106 cm³/mol. The first-order chi connectivity index (χ1) is 10.8. The van der Waals surface area contributed by atoms with E-state index in [-0.39, 0.29) is 36.3 Å². The van der Waals surface area contributed by atoms with Gasteiger partial charge in [0.2, 0.25) is 0 Å². The van der Waals surface area contributed by atoms with E-state index in [0.717, 1.165) is 32.2 Å². The molecule has 0 amide bonds. The maximum atomic E-state index is 13.5.